The molecule has 4 rings (SSSR count). The molecule has 1 aliphatic heterocycles. The van der Waals surface area contributed by atoms with E-state index in [0.717, 1.165) is 22.4 Å². The van der Waals surface area contributed by atoms with Crippen LogP contribution in [0.5, 0.6) is 11.5 Å². The third-order valence-corrected chi connectivity index (χ3v) is 8.55. The number of hydrogen-bond donors (Lipinski definition) is 1. The number of fused-ring (bicyclic) bond motifs is 1. The quantitative estimate of drug-likeness (QED) is 0.452. The second kappa shape index (κ2) is 9.57. The van der Waals surface area contributed by atoms with Crippen molar-refractivity contribution in [1.29, 1.82) is 0 Å². The van der Waals surface area contributed by atoms with Crippen LogP contribution < -0.4 is 14.8 Å². The lowest BCUT2D eigenvalue weighted by Gasteiger charge is -2.24. The fraction of sp³-hybridized carbons (Fsp3) is 0.320. The van der Waals surface area contributed by atoms with Gasteiger partial charge < -0.3 is 14.8 Å². The summed E-state index contributed by atoms with van der Waals surface area (Å²) in [5.41, 5.74) is 2.25. The maximum atomic E-state index is 13.3. The molecule has 0 bridgehead atoms. The molecule has 0 saturated heterocycles. The maximum Gasteiger partial charge on any atom is 0.225 e. The van der Waals surface area contributed by atoms with Crippen molar-refractivity contribution in [3.8, 4) is 11.5 Å². The number of ether oxygens (including phenoxy) is 2. The minimum Gasteiger partial charge on any atom is -0.490 e. The lowest BCUT2D eigenvalue weighted by atomic mass is 9.90. The van der Waals surface area contributed by atoms with Gasteiger partial charge in [0.05, 0.1) is 23.8 Å². The molecule has 0 saturated carbocycles. The smallest absolute Gasteiger partial charge is 0.225 e. The fourth-order valence-electron chi connectivity index (χ4n) is 3.86. The third kappa shape index (κ3) is 4.63. The standard InChI is InChI=1S/C25H27NO5S2/c1-4-12-31-20-11-8-17(13-21(20)30-5-2)19-14-23(27)26-24-22(15-32-25(19)24)33(28,29)18-9-6-16(3)7-10-18/h6-11,13,15,19H,4-5,12,14H2,1-3H3,(H,26,27). The van der Waals surface area contributed by atoms with Crippen LogP contribution in [-0.4, -0.2) is 27.5 Å². The van der Waals surface area contributed by atoms with Crippen LogP contribution in [0.15, 0.2) is 57.6 Å². The van der Waals surface area contributed by atoms with Crippen LogP contribution in [0, 0.1) is 6.92 Å². The first-order chi connectivity index (χ1) is 15.8. The van der Waals surface area contributed by atoms with E-state index in [2.05, 4.69) is 5.32 Å². The van der Waals surface area contributed by atoms with Gasteiger partial charge in [0.15, 0.2) is 11.5 Å². The Labute approximate surface area is 198 Å². The molecule has 0 radical (unpaired) electrons. The predicted molar refractivity (Wildman–Crippen MR) is 129 cm³/mol. The predicted octanol–water partition coefficient (Wildman–Crippen LogP) is 5.55. The summed E-state index contributed by atoms with van der Waals surface area (Å²) in [4.78, 5) is 13.8. The van der Waals surface area contributed by atoms with Gasteiger partial charge in [-0.15, -0.1) is 11.3 Å². The van der Waals surface area contributed by atoms with Crippen molar-refractivity contribution in [2.45, 2.75) is 49.3 Å². The van der Waals surface area contributed by atoms with Gasteiger partial charge in [-0.2, -0.15) is 0 Å². The zero-order valence-electron chi connectivity index (χ0n) is 18.9. The molecule has 33 heavy (non-hydrogen) atoms. The number of amides is 1. The molecule has 174 valence electrons. The summed E-state index contributed by atoms with van der Waals surface area (Å²) in [5, 5.41) is 4.44. The number of thiophene rings is 1. The number of nitrogens with one attached hydrogen (secondary N) is 1. The minimum absolute atomic E-state index is 0.136. The van der Waals surface area contributed by atoms with Crippen LogP contribution in [0.4, 0.5) is 5.69 Å². The molecule has 0 fully saturated rings. The lowest BCUT2D eigenvalue weighted by molar-refractivity contribution is -0.116. The van der Waals surface area contributed by atoms with Gasteiger partial charge in [0, 0.05) is 22.6 Å². The SMILES string of the molecule is CCCOc1ccc(C2CC(=O)Nc3c(S(=O)(=O)c4ccc(C)cc4)csc32)cc1OCC. The summed E-state index contributed by atoms with van der Waals surface area (Å²) in [6.45, 7) is 6.92. The maximum absolute atomic E-state index is 13.3. The largest absolute Gasteiger partial charge is 0.490 e. The molecule has 3 aromatic rings. The molecule has 1 amide bonds. The van der Waals surface area contributed by atoms with E-state index in [4.69, 9.17) is 9.47 Å². The van der Waals surface area contributed by atoms with Crippen LogP contribution >= 0.6 is 11.3 Å². The van der Waals surface area contributed by atoms with Crippen LogP contribution in [0.2, 0.25) is 0 Å². The van der Waals surface area contributed by atoms with E-state index in [1.807, 2.05) is 39.0 Å². The van der Waals surface area contributed by atoms with Gasteiger partial charge in [-0.3, -0.25) is 4.79 Å². The molecule has 1 aromatic heterocycles. The van der Waals surface area contributed by atoms with Gasteiger partial charge in [-0.25, -0.2) is 8.42 Å². The van der Waals surface area contributed by atoms with Gasteiger partial charge in [0.2, 0.25) is 15.7 Å². The average Bonchev–Trinajstić information content (AvgIpc) is 3.23. The van der Waals surface area contributed by atoms with E-state index >= 15 is 0 Å². The molecule has 1 unspecified atom stereocenters. The van der Waals surface area contributed by atoms with Crippen molar-refractivity contribution >= 4 is 32.8 Å². The second-order valence-electron chi connectivity index (χ2n) is 7.95. The first kappa shape index (κ1) is 23.3. The fourth-order valence-corrected chi connectivity index (χ4v) is 6.76. The number of aryl methyl sites for hydroxylation is 1. The molecular weight excluding hydrogens is 458 g/mol. The Balaban J connectivity index is 1.75. The topological polar surface area (TPSA) is 81.7 Å². The normalized spacial score (nSPS) is 15.6. The first-order valence-electron chi connectivity index (χ1n) is 11.0. The van der Waals surface area contributed by atoms with Gasteiger partial charge in [0.25, 0.3) is 0 Å². The van der Waals surface area contributed by atoms with Crippen LogP contribution in [-0.2, 0) is 14.6 Å². The summed E-state index contributed by atoms with van der Waals surface area (Å²) >= 11 is 1.35. The number of carbonyl (C=O) groups is 1. The molecule has 2 aromatic carbocycles. The Morgan fingerprint density at radius 3 is 2.52 bits per heavy atom. The monoisotopic (exact) mass is 485 g/mol. The van der Waals surface area contributed by atoms with Gasteiger partial charge >= 0.3 is 0 Å². The first-order valence-corrected chi connectivity index (χ1v) is 13.3. The number of rotatable bonds is 8. The van der Waals surface area contributed by atoms with Crippen molar-refractivity contribution in [2.24, 2.45) is 0 Å². The number of benzene rings is 2. The number of sulfone groups is 1. The molecule has 8 heteroatoms. The van der Waals surface area contributed by atoms with E-state index in [0.29, 0.717) is 30.4 Å². The highest BCUT2D eigenvalue weighted by molar-refractivity contribution is 7.91. The van der Waals surface area contributed by atoms with Gasteiger partial charge in [-0.1, -0.05) is 30.7 Å². The molecule has 0 aliphatic carbocycles. The zero-order valence-corrected chi connectivity index (χ0v) is 20.5. The Morgan fingerprint density at radius 1 is 1.06 bits per heavy atom. The van der Waals surface area contributed by atoms with E-state index in [9.17, 15) is 13.2 Å². The van der Waals surface area contributed by atoms with Crippen molar-refractivity contribution in [3.63, 3.8) is 0 Å². The summed E-state index contributed by atoms with van der Waals surface area (Å²) in [6, 6.07) is 12.4. The average molecular weight is 486 g/mol. The van der Waals surface area contributed by atoms with Crippen molar-refractivity contribution in [3.05, 3.63) is 63.8 Å². The Kier molecular flexibility index (Phi) is 6.76. The Hall–Kier alpha value is -2.84. The molecule has 0 spiro atoms. The van der Waals surface area contributed by atoms with Crippen molar-refractivity contribution in [2.75, 3.05) is 18.5 Å². The summed E-state index contributed by atoms with van der Waals surface area (Å²) in [6.07, 6.45) is 1.12. The van der Waals surface area contributed by atoms with Gasteiger partial charge in [0.1, 0.15) is 4.90 Å². The van der Waals surface area contributed by atoms with E-state index in [-0.39, 0.29) is 28.0 Å². The Bertz CT molecular complexity index is 1260. The molecule has 1 N–H and O–H groups in total. The molecule has 1 aliphatic rings. The van der Waals surface area contributed by atoms with E-state index in [1.54, 1.807) is 29.6 Å². The van der Waals surface area contributed by atoms with Crippen molar-refractivity contribution in [1.82, 2.24) is 0 Å². The third-order valence-electron chi connectivity index (χ3n) is 5.51. The highest BCUT2D eigenvalue weighted by Crippen LogP contribution is 2.47. The lowest BCUT2D eigenvalue weighted by Crippen LogP contribution is -2.23. The Morgan fingerprint density at radius 2 is 1.82 bits per heavy atom. The van der Waals surface area contributed by atoms with Crippen LogP contribution in [0.25, 0.3) is 0 Å². The van der Waals surface area contributed by atoms with E-state index in [1.165, 1.54) is 11.3 Å². The van der Waals surface area contributed by atoms with Crippen LogP contribution in [0.1, 0.15) is 48.6 Å². The highest BCUT2D eigenvalue weighted by Gasteiger charge is 2.34. The molecular formula is C25H27NO5S2. The summed E-state index contributed by atoms with van der Waals surface area (Å²) < 4.78 is 38.2. The second-order valence-corrected chi connectivity index (χ2v) is 10.8. The minimum atomic E-state index is -3.77. The van der Waals surface area contributed by atoms with Gasteiger partial charge in [-0.05, 0) is 50.1 Å². The molecule has 2 heterocycles. The summed E-state index contributed by atoms with van der Waals surface area (Å²) in [5.74, 6) is 0.812. The molecule has 1 atom stereocenters. The number of anilines is 1. The molecule has 6 nitrogen and oxygen atoms in total. The summed E-state index contributed by atoms with van der Waals surface area (Å²) in [7, 11) is -3.77. The zero-order chi connectivity index (χ0) is 23.6. The van der Waals surface area contributed by atoms with E-state index < -0.39 is 9.84 Å². The van der Waals surface area contributed by atoms with Crippen molar-refractivity contribution < 1.29 is 22.7 Å². The van der Waals surface area contributed by atoms with Crippen LogP contribution in [0.3, 0.4) is 0 Å². The number of hydrogen-bond acceptors (Lipinski definition) is 6. The highest BCUT2D eigenvalue weighted by atomic mass is 32.2. The number of carbonyl (C=O) groups excluding carboxylic acids is 1.